The van der Waals surface area contributed by atoms with Gasteiger partial charge in [-0.15, -0.1) is 0 Å². The van der Waals surface area contributed by atoms with E-state index in [2.05, 4.69) is 40.9 Å². The number of allylic oxidation sites excluding steroid dienone is 4. The van der Waals surface area contributed by atoms with Gasteiger partial charge >= 0.3 is 0 Å². The minimum atomic E-state index is -0.567. The van der Waals surface area contributed by atoms with Gasteiger partial charge in [0.15, 0.2) is 5.78 Å². The quantitative estimate of drug-likeness (QED) is 0.373. The van der Waals surface area contributed by atoms with Crippen molar-refractivity contribution in [2.24, 2.45) is 11.8 Å². The van der Waals surface area contributed by atoms with Crippen LogP contribution in [0.15, 0.2) is 36.2 Å². The lowest BCUT2D eigenvalue weighted by Gasteiger charge is -2.15. The first-order valence-corrected chi connectivity index (χ1v) is 7.97. The Labute approximate surface area is 131 Å². The molecule has 0 rings (SSSR count). The second kappa shape index (κ2) is 12.6. The van der Waals surface area contributed by atoms with Gasteiger partial charge in [-0.1, -0.05) is 67.0 Å². The Morgan fingerprint density at radius 2 is 1.62 bits per heavy atom. The fraction of sp³-hybridized carbons (Fsp3) is 0.632. The van der Waals surface area contributed by atoms with E-state index in [0.29, 0.717) is 5.92 Å². The molecule has 0 aliphatic carbocycles. The molecule has 0 fully saturated rings. The highest BCUT2D eigenvalue weighted by molar-refractivity contribution is 5.96. The van der Waals surface area contributed by atoms with E-state index in [9.17, 15) is 9.18 Å². The van der Waals surface area contributed by atoms with Crippen molar-refractivity contribution in [1.29, 1.82) is 0 Å². The predicted molar refractivity (Wildman–Crippen MR) is 92.0 cm³/mol. The van der Waals surface area contributed by atoms with Crippen LogP contribution in [0.25, 0.3) is 0 Å². The standard InChI is InChI=1S/C16H25FO.C3H8/c1-7-11(2)8-9-12(3)13(4)10-16(17)14(5)15(6)18;1-3-2/h10-12H,4-5,7-9H2,1-3,6H3;3H2,1-2H3/b16-10+;. The van der Waals surface area contributed by atoms with Gasteiger partial charge in [0.1, 0.15) is 5.83 Å². The third-order valence-corrected chi connectivity index (χ3v) is 3.45. The molecule has 1 nitrogen and oxygen atoms in total. The Kier molecular flexibility index (Phi) is 13.2. The van der Waals surface area contributed by atoms with Crippen LogP contribution in [0.4, 0.5) is 4.39 Å². The predicted octanol–water partition coefficient (Wildman–Crippen LogP) is 6.42. The Morgan fingerprint density at radius 3 is 2.00 bits per heavy atom. The molecule has 0 aliphatic rings. The van der Waals surface area contributed by atoms with Crippen molar-refractivity contribution in [3.05, 3.63) is 36.2 Å². The number of hydrogen-bond donors (Lipinski definition) is 0. The summed E-state index contributed by atoms with van der Waals surface area (Å²) in [5.74, 6) is -0.00234. The lowest BCUT2D eigenvalue weighted by atomic mass is 9.91. The van der Waals surface area contributed by atoms with Crippen LogP contribution in [0, 0.1) is 11.8 Å². The number of Topliss-reactive ketones (excluding diaryl/α,β-unsaturated/α-hetero) is 1. The molecule has 0 saturated carbocycles. The van der Waals surface area contributed by atoms with Crippen LogP contribution in [-0.2, 0) is 4.79 Å². The number of carbonyl (C=O) groups excluding carboxylic acids is 1. The van der Waals surface area contributed by atoms with Crippen LogP contribution in [0.1, 0.15) is 67.2 Å². The zero-order chi connectivity index (χ0) is 17.0. The van der Waals surface area contributed by atoms with E-state index in [1.807, 2.05) is 6.92 Å². The lowest BCUT2D eigenvalue weighted by Crippen LogP contribution is -2.02. The Balaban J connectivity index is 0. The number of halogens is 1. The summed E-state index contributed by atoms with van der Waals surface area (Å²) in [6.45, 7) is 19.3. The Morgan fingerprint density at radius 1 is 1.14 bits per heavy atom. The van der Waals surface area contributed by atoms with Gasteiger partial charge in [0.2, 0.25) is 0 Å². The second-order valence-electron chi connectivity index (χ2n) is 5.80. The van der Waals surface area contributed by atoms with Gasteiger partial charge in [0.05, 0.1) is 0 Å². The van der Waals surface area contributed by atoms with Crippen LogP contribution in [0.3, 0.4) is 0 Å². The van der Waals surface area contributed by atoms with Crippen LogP contribution in [-0.4, -0.2) is 5.78 Å². The molecule has 0 aromatic rings. The molecule has 21 heavy (non-hydrogen) atoms. The van der Waals surface area contributed by atoms with E-state index >= 15 is 0 Å². The van der Waals surface area contributed by atoms with Crippen molar-refractivity contribution in [2.75, 3.05) is 0 Å². The van der Waals surface area contributed by atoms with Crippen molar-refractivity contribution in [1.82, 2.24) is 0 Å². The fourth-order valence-electron chi connectivity index (χ4n) is 1.48. The third-order valence-electron chi connectivity index (χ3n) is 3.45. The molecule has 0 saturated heterocycles. The summed E-state index contributed by atoms with van der Waals surface area (Å²) in [4.78, 5) is 11.0. The fourth-order valence-corrected chi connectivity index (χ4v) is 1.48. The van der Waals surface area contributed by atoms with E-state index in [4.69, 9.17) is 0 Å². The molecule has 0 aliphatic heterocycles. The maximum atomic E-state index is 13.6. The lowest BCUT2D eigenvalue weighted by molar-refractivity contribution is -0.113. The SMILES string of the molecule is C=C(C(C)=O)/C(F)=C\C(=C)C(C)CCC(C)CC.CCC. The molecule has 2 unspecified atom stereocenters. The van der Waals surface area contributed by atoms with Crippen LogP contribution >= 0.6 is 0 Å². The number of ketones is 1. The highest BCUT2D eigenvalue weighted by atomic mass is 19.1. The van der Waals surface area contributed by atoms with Gasteiger partial charge in [-0.25, -0.2) is 4.39 Å². The second-order valence-corrected chi connectivity index (χ2v) is 5.80. The summed E-state index contributed by atoms with van der Waals surface area (Å²) in [7, 11) is 0. The summed E-state index contributed by atoms with van der Waals surface area (Å²) in [6, 6.07) is 0. The largest absolute Gasteiger partial charge is 0.294 e. The highest BCUT2D eigenvalue weighted by Crippen LogP contribution is 2.23. The summed E-state index contributed by atoms with van der Waals surface area (Å²) in [5, 5.41) is 0. The summed E-state index contributed by atoms with van der Waals surface area (Å²) in [5.41, 5.74) is 0.642. The Hall–Kier alpha value is -1.18. The van der Waals surface area contributed by atoms with Gasteiger partial charge in [-0.3, -0.25) is 4.79 Å². The number of carbonyl (C=O) groups is 1. The van der Waals surface area contributed by atoms with Crippen molar-refractivity contribution in [3.63, 3.8) is 0 Å². The van der Waals surface area contributed by atoms with E-state index in [1.54, 1.807) is 0 Å². The molecule has 2 heteroatoms. The Bertz CT molecular complexity index is 366. The number of hydrogen-bond acceptors (Lipinski definition) is 1. The number of rotatable bonds is 8. The van der Waals surface area contributed by atoms with E-state index in [0.717, 1.165) is 24.8 Å². The molecule has 0 heterocycles. The first-order chi connectivity index (χ1) is 9.70. The maximum Gasteiger partial charge on any atom is 0.162 e. The van der Waals surface area contributed by atoms with Gasteiger partial charge in [0, 0.05) is 5.57 Å². The average Bonchev–Trinajstić information content (AvgIpc) is 2.43. The highest BCUT2D eigenvalue weighted by Gasteiger charge is 2.11. The molecule has 0 amide bonds. The van der Waals surface area contributed by atoms with Crippen molar-refractivity contribution < 1.29 is 9.18 Å². The van der Waals surface area contributed by atoms with Gasteiger partial charge in [-0.2, -0.15) is 0 Å². The molecule has 0 aromatic heterocycles. The van der Waals surface area contributed by atoms with Crippen LogP contribution < -0.4 is 0 Å². The minimum absolute atomic E-state index is 0.0784. The molecule has 0 aromatic carbocycles. The molecular formula is C19H33FO. The zero-order valence-electron chi connectivity index (χ0n) is 14.8. The molecular weight excluding hydrogens is 263 g/mol. The normalized spacial score (nSPS) is 13.8. The average molecular weight is 296 g/mol. The molecule has 2 atom stereocenters. The van der Waals surface area contributed by atoms with Crippen molar-refractivity contribution in [3.8, 4) is 0 Å². The van der Waals surface area contributed by atoms with Gasteiger partial charge < -0.3 is 0 Å². The third kappa shape index (κ3) is 11.2. The zero-order valence-corrected chi connectivity index (χ0v) is 14.8. The first-order valence-electron chi connectivity index (χ1n) is 7.97. The molecule has 0 N–H and O–H groups in total. The summed E-state index contributed by atoms with van der Waals surface area (Å²) in [6.07, 6.45) is 5.85. The monoisotopic (exact) mass is 296 g/mol. The van der Waals surface area contributed by atoms with Gasteiger partial charge in [0.25, 0.3) is 0 Å². The molecule has 0 bridgehead atoms. The maximum absolute atomic E-state index is 13.6. The molecule has 0 radical (unpaired) electrons. The van der Waals surface area contributed by atoms with Crippen molar-refractivity contribution in [2.45, 2.75) is 67.2 Å². The van der Waals surface area contributed by atoms with Crippen LogP contribution in [0.5, 0.6) is 0 Å². The molecule has 0 spiro atoms. The minimum Gasteiger partial charge on any atom is -0.294 e. The smallest absolute Gasteiger partial charge is 0.162 e. The summed E-state index contributed by atoms with van der Waals surface area (Å²) < 4.78 is 13.6. The van der Waals surface area contributed by atoms with Gasteiger partial charge in [-0.05, 0) is 36.8 Å². The van der Waals surface area contributed by atoms with Crippen LogP contribution in [0.2, 0.25) is 0 Å². The van der Waals surface area contributed by atoms with E-state index in [-0.39, 0.29) is 17.3 Å². The van der Waals surface area contributed by atoms with E-state index < -0.39 is 5.83 Å². The topological polar surface area (TPSA) is 17.1 Å². The van der Waals surface area contributed by atoms with Crippen molar-refractivity contribution >= 4 is 5.78 Å². The van der Waals surface area contributed by atoms with E-state index in [1.165, 1.54) is 19.4 Å². The summed E-state index contributed by atoms with van der Waals surface area (Å²) >= 11 is 0. The molecule has 122 valence electrons. The first kappa shape index (κ1) is 22.1.